The Labute approximate surface area is 363 Å². The Morgan fingerprint density at radius 3 is 2.36 bits per heavy atom. The van der Waals surface area contributed by atoms with E-state index < -0.39 is 56.1 Å². The van der Waals surface area contributed by atoms with Gasteiger partial charge in [0.25, 0.3) is 17.4 Å². The van der Waals surface area contributed by atoms with Crippen LogP contribution in [0.15, 0.2) is 101 Å². The van der Waals surface area contributed by atoms with Gasteiger partial charge in [-0.2, -0.15) is 23.5 Å². The number of hydrogen-bond acceptors (Lipinski definition) is 12. The first-order valence-electron chi connectivity index (χ1n) is 19.8. The van der Waals surface area contributed by atoms with E-state index in [9.17, 15) is 45.5 Å². The molecule has 0 aliphatic carbocycles. The molecule has 7 rings (SSSR count). The second-order valence-corrected chi connectivity index (χ2v) is 17.4. The maximum Gasteiger partial charge on any atom is 0.417 e. The molecule has 1 saturated heterocycles. The maximum atomic E-state index is 15.0. The predicted octanol–water partition coefficient (Wildman–Crippen LogP) is 4.37. The monoisotopic (exact) mass is 900 g/mol. The van der Waals surface area contributed by atoms with Gasteiger partial charge in [0.05, 0.1) is 56.7 Å². The summed E-state index contributed by atoms with van der Waals surface area (Å²) in [5.74, 6) is -3.38. The van der Waals surface area contributed by atoms with Crippen LogP contribution < -0.4 is 16.2 Å². The highest BCUT2D eigenvalue weighted by atomic mass is 32.2. The summed E-state index contributed by atoms with van der Waals surface area (Å²) < 4.78 is 83.0. The third kappa shape index (κ3) is 10.4. The molecule has 2 amide bonds. The minimum Gasteiger partial charge on any atom is -0.383 e. The van der Waals surface area contributed by atoms with Gasteiger partial charge in [0, 0.05) is 68.6 Å². The zero-order chi connectivity index (χ0) is 45.8. The molecule has 4 N–H and O–H groups in total. The number of aliphatic hydroxyl groups is 1. The fourth-order valence-corrected chi connectivity index (χ4v) is 8.80. The minimum atomic E-state index is -4.89. The van der Waals surface area contributed by atoms with Gasteiger partial charge in [-0.15, -0.1) is 5.10 Å². The molecule has 1 aliphatic heterocycles. The third-order valence-corrected chi connectivity index (χ3v) is 12.5. The van der Waals surface area contributed by atoms with E-state index in [-0.39, 0.29) is 28.1 Å². The summed E-state index contributed by atoms with van der Waals surface area (Å²) in [5.41, 5.74) is -2.71. The molecule has 16 nitrogen and oxygen atoms in total. The number of rotatable bonds is 14. The van der Waals surface area contributed by atoms with Crippen molar-refractivity contribution < 1.29 is 40.7 Å². The van der Waals surface area contributed by atoms with Gasteiger partial charge in [-0.05, 0) is 73.2 Å². The van der Waals surface area contributed by atoms with E-state index in [0.29, 0.717) is 85.3 Å². The Morgan fingerprint density at radius 2 is 1.66 bits per heavy atom. The summed E-state index contributed by atoms with van der Waals surface area (Å²) in [6.07, 6.45) is -2.82. The summed E-state index contributed by atoms with van der Waals surface area (Å²) in [7, 11) is -4.26. The lowest BCUT2D eigenvalue weighted by atomic mass is 10.0. The lowest BCUT2D eigenvalue weighted by Crippen LogP contribution is -2.48. The number of alkyl halides is 3. The van der Waals surface area contributed by atoms with Crippen LogP contribution in [-0.4, -0.2) is 104 Å². The van der Waals surface area contributed by atoms with Crippen molar-refractivity contribution in [1.82, 2.24) is 35.0 Å². The van der Waals surface area contributed by atoms with Gasteiger partial charge >= 0.3 is 6.18 Å². The molecular weight excluding hydrogens is 861 g/mol. The molecule has 0 unspecified atom stereocenters. The molecule has 0 spiro atoms. The highest BCUT2D eigenvalue weighted by molar-refractivity contribution is 7.91. The maximum absolute atomic E-state index is 15.0. The normalized spacial score (nSPS) is 14.5. The number of H-pyrrole nitrogens is 1. The molecule has 3 heterocycles. The van der Waals surface area contributed by atoms with Crippen LogP contribution in [-0.2, 0) is 40.3 Å². The topological polar surface area (TPSA) is 219 Å². The number of sulfone groups is 1. The first-order valence-corrected chi connectivity index (χ1v) is 21.4. The summed E-state index contributed by atoms with van der Waals surface area (Å²) >= 11 is 0. The molecule has 332 valence electrons. The van der Waals surface area contributed by atoms with Crippen LogP contribution in [0.5, 0.6) is 0 Å². The minimum absolute atomic E-state index is 0.0384. The van der Waals surface area contributed by atoms with E-state index in [1.165, 1.54) is 42.5 Å². The van der Waals surface area contributed by atoms with Gasteiger partial charge in [0.1, 0.15) is 5.82 Å². The van der Waals surface area contributed by atoms with Crippen molar-refractivity contribution in [2.45, 2.75) is 43.1 Å². The molecule has 1 atom stereocenters. The first-order chi connectivity index (χ1) is 30.4. The summed E-state index contributed by atoms with van der Waals surface area (Å²) in [4.78, 5) is 42.0. The quantitative estimate of drug-likeness (QED) is 0.112. The molecule has 64 heavy (non-hydrogen) atoms. The number of piperazine rings is 1. The van der Waals surface area contributed by atoms with Crippen LogP contribution in [0.1, 0.15) is 45.4 Å². The summed E-state index contributed by atoms with van der Waals surface area (Å²) in [5, 5.41) is 41.3. The van der Waals surface area contributed by atoms with Crippen LogP contribution in [0.2, 0.25) is 0 Å². The average molecular weight is 901 g/mol. The number of carbonyl (C=O) groups is 2. The molecule has 4 aromatic carbocycles. The molecule has 1 aliphatic rings. The zero-order valence-electron chi connectivity index (χ0n) is 34.1. The Kier molecular flexibility index (Phi) is 12.9. The summed E-state index contributed by atoms with van der Waals surface area (Å²) in [6.45, 7) is 3.96. The number of hydrogen-bond donors (Lipinski definition) is 4. The van der Waals surface area contributed by atoms with E-state index >= 15 is 0 Å². The second-order valence-electron chi connectivity index (χ2n) is 15.4. The zero-order valence-corrected chi connectivity index (χ0v) is 34.9. The second kappa shape index (κ2) is 18.4. The molecule has 0 radical (unpaired) electrons. The van der Waals surface area contributed by atoms with E-state index in [0.717, 1.165) is 19.1 Å². The largest absolute Gasteiger partial charge is 0.417 e. The van der Waals surface area contributed by atoms with Crippen molar-refractivity contribution in [3.05, 3.63) is 141 Å². The SMILES string of the molecule is C[C@@](O)(CS(=O)(=O)c1ccc(NCCn2cc(CN3CCN(C(=O)c4cc(Cc5n[nH]c(=O)c6ccccc56)ccc4F)CC3)nn2)cc1)C(=O)Nc1ccc(C#N)c(C(F)(F)F)c1. The van der Waals surface area contributed by atoms with Crippen molar-refractivity contribution in [3.63, 3.8) is 0 Å². The fourth-order valence-electron chi connectivity index (χ4n) is 7.21. The van der Waals surface area contributed by atoms with Crippen LogP contribution in [0.25, 0.3) is 10.8 Å². The predicted molar refractivity (Wildman–Crippen MR) is 225 cm³/mol. The van der Waals surface area contributed by atoms with E-state index in [4.69, 9.17) is 5.26 Å². The number of carbonyl (C=O) groups excluding carboxylic acids is 2. The van der Waals surface area contributed by atoms with Gasteiger partial charge in [-0.25, -0.2) is 17.9 Å². The van der Waals surface area contributed by atoms with E-state index in [1.54, 1.807) is 46.1 Å². The molecule has 0 bridgehead atoms. The van der Waals surface area contributed by atoms with Gasteiger partial charge in [0.15, 0.2) is 15.4 Å². The number of nitrogens with zero attached hydrogens (tertiary/aromatic N) is 7. The lowest BCUT2D eigenvalue weighted by Gasteiger charge is -2.34. The molecular formula is C43H40F4N10O6S. The molecule has 21 heteroatoms. The standard InChI is InChI=1S/C43H40F4N10O6S/c1-42(61,41(60)50-30-8-7-28(23-48)36(22-30)43(45,46)47)26-64(62,63)32-11-9-29(10-12-32)49-14-15-57-25-31(51-54-57)24-55-16-18-56(19-17-55)40(59)35-20-27(6-13-37(35)44)21-38-33-4-2-3-5-34(33)39(58)53-52-38/h2-13,20,22,25,49,61H,14-19,21,24,26H2,1H3,(H,50,60)(H,53,58)/t42-/m1/s1. The van der Waals surface area contributed by atoms with Crippen LogP contribution >= 0.6 is 0 Å². The van der Waals surface area contributed by atoms with Gasteiger partial charge in [-0.1, -0.05) is 29.5 Å². The van der Waals surface area contributed by atoms with Crippen LogP contribution in [0.3, 0.4) is 0 Å². The number of nitriles is 1. The Hall–Kier alpha value is -7.02. The highest BCUT2D eigenvalue weighted by Crippen LogP contribution is 2.34. The highest BCUT2D eigenvalue weighted by Gasteiger charge is 2.38. The first kappa shape index (κ1) is 45.0. The Morgan fingerprint density at radius 1 is 0.953 bits per heavy atom. The van der Waals surface area contributed by atoms with Crippen molar-refractivity contribution in [3.8, 4) is 6.07 Å². The number of amides is 2. The number of aromatic nitrogens is 5. The lowest BCUT2D eigenvalue weighted by molar-refractivity contribution is -0.137. The molecule has 0 saturated carbocycles. The van der Waals surface area contributed by atoms with Gasteiger partial charge in [-0.3, -0.25) is 24.0 Å². The average Bonchev–Trinajstić information content (AvgIpc) is 3.71. The molecule has 2 aromatic heterocycles. The van der Waals surface area contributed by atoms with Crippen molar-refractivity contribution >= 4 is 43.8 Å². The number of fused-ring (bicyclic) bond motifs is 1. The van der Waals surface area contributed by atoms with Crippen molar-refractivity contribution in [2.75, 3.05) is 49.1 Å². The van der Waals surface area contributed by atoms with E-state index in [2.05, 4.69) is 36.0 Å². The fraction of sp³-hybridized carbons (Fsp3) is 0.279. The number of anilines is 2. The van der Waals surface area contributed by atoms with Gasteiger partial charge in [0.2, 0.25) is 0 Å². The molecule has 6 aromatic rings. The smallest absolute Gasteiger partial charge is 0.383 e. The molecule has 1 fully saturated rings. The number of halogens is 4. The van der Waals surface area contributed by atoms with Gasteiger partial charge < -0.3 is 20.6 Å². The van der Waals surface area contributed by atoms with Crippen LogP contribution in [0, 0.1) is 17.1 Å². The number of nitrogens with one attached hydrogen (secondary N) is 3. The Bertz CT molecular complexity index is 2920. The van der Waals surface area contributed by atoms with Crippen LogP contribution in [0.4, 0.5) is 28.9 Å². The van der Waals surface area contributed by atoms with Crippen molar-refractivity contribution in [2.24, 2.45) is 0 Å². The number of benzene rings is 4. The van der Waals surface area contributed by atoms with Crippen molar-refractivity contribution in [1.29, 1.82) is 5.26 Å². The Balaban J connectivity index is 0.861. The summed E-state index contributed by atoms with van der Waals surface area (Å²) in [6, 6.07) is 20.8. The third-order valence-electron chi connectivity index (χ3n) is 10.6. The number of aromatic amines is 1. The van der Waals surface area contributed by atoms with E-state index in [1.807, 2.05) is 0 Å².